The van der Waals surface area contributed by atoms with Crippen LogP contribution in [0.2, 0.25) is 5.02 Å². The second-order valence-electron chi connectivity index (χ2n) is 8.71. The van der Waals surface area contributed by atoms with Crippen LogP contribution in [-0.4, -0.2) is 65.3 Å². The summed E-state index contributed by atoms with van der Waals surface area (Å²) >= 11 is 6.35. The van der Waals surface area contributed by atoms with Crippen LogP contribution in [0, 0.1) is 17.2 Å². The number of amides is 1. The van der Waals surface area contributed by atoms with Crippen molar-refractivity contribution in [3.05, 3.63) is 23.1 Å². The number of nitrogens with one attached hydrogen (secondary N) is 5. The normalized spacial score (nSPS) is 26.5. The molecule has 4 rings (SSSR count). The third-order valence-electron chi connectivity index (χ3n) is 6.51. The smallest absolute Gasteiger partial charge is 0.229 e. The molecule has 1 aromatic rings. The largest absolute Gasteiger partial charge is 0.386 e. The molecule has 0 radical (unpaired) electrons. The van der Waals surface area contributed by atoms with Gasteiger partial charge in [-0.3, -0.25) is 4.79 Å². The molecule has 9 nitrogen and oxygen atoms in total. The van der Waals surface area contributed by atoms with Crippen LogP contribution in [0.3, 0.4) is 0 Å². The molecule has 10 heteroatoms. The average molecular weight is 447 g/mol. The second kappa shape index (κ2) is 9.82. The van der Waals surface area contributed by atoms with Crippen molar-refractivity contribution >= 4 is 35.5 Å². The van der Waals surface area contributed by atoms with Crippen molar-refractivity contribution in [2.75, 3.05) is 36.8 Å². The van der Waals surface area contributed by atoms with Crippen molar-refractivity contribution < 1.29 is 4.79 Å². The highest BCUT2D eigenvalue weighted by Crippen LogP contribution is 2.39. The molecule has 0 aromatic carbocycles. The molecule has 3 fully saturated rings. The van der Waals surface area contributed by atoms with Gasteiger partial charge in [0.25, 0.3) is 0 Å². The van der Waals surface area contributed by atoms with Crippen LogP contribution in [0.25, 0.3) is 0 Å². The highest BCUT2D eigenvalue weighted by atomic mass is 35.5. The lowest BCUT2D eigenvalue weighted by Crippen LogP contribution is -2.38. The molecule has 2 saturated heterocycles. The van der Waals surface area contributed by atoms with E-state index >= 15 is 0 Å². The van der Waals surface area contributed by atoms with Gasteiger partial charge in [0, 0.05) is 44.5 Å². The number of halogens is 1. The van der Waals surface area contributed by atoms with Crippen LogP contribution in [0.4, 0.5) is 11.8 Å². The van der Waals surface area contributed by atoms with Crippen molar-refractivity contribution in [2.24, 2.45) is 11.8 Å². The summed E-state index contributed by atoms with van der Waals surface area (Å²) in [5.74, 6) is 2.23. The first-order valence-electron chi connectivity index (χ1n) is 11.0. The molecule has 0 bridgehead atoms. The van der Waals surface area contributed by atoms with E-state index in [0.29, 0.717) is 40.4 Å². The number of rotatable bonds is 7. The number of nitrogens with zero attached hydrogens (tertiary/aromatic N) is 3. The molecule has 1 aliphatic carbocycles. The van der Waals surface area contributed by atoms with Gasteiger partial charge in [0.05, 0.1) is 11.9 Å². The minimum atomic E-state index is 0.165. The van der Waals surface area contributed by atoms with Gasteiger partial charge in [0.1, 0.15) is 5.02 Å². The van der Waals surface area contributed by atoms with Crippen LogP contribution in [0.1, 0.15) is 32.6 Å². The fraction of sp³-hybridized carbons (Fsp3) is 0.619. The molecule has 31 heavy (non-hydrogen) atoms. The van der Waals surface area contributed by atoms with E-state index in [-0.39, 0.29) is 11.9 Å². The fourth-order valence-corrected chi connectivity index (χ4v) is 4.98. The number of fused-ring (bicyclic) bond motifs is 1. The maximum atomic E-state index is 11.6. The Morgan fingerprint density at radius 1 is 1.26 bits per heavy atom. The van der Waals surface area contributed by atoms with E-state index in [1.807, 2.05) is 11.1 Å². The summed E-state index contributed by atoms with van der Waals surface area (Å²) in [6, 6.07) is 0.686. The van der Waals surface area contributed by atoms with Crippen LogP contribution in [-0.2, 0) is 4.79 Å². The SMILES string of the molecule is CC(=O)N1CC2CC(Nc3nc(N/C(C=N)=C/NC4CCNCC4)ncc3Cl)CC2C1. The summed E-state index contributed by atoms with van der Waals surface area (Å²) in [4.78, 5) is 22.4. The summed E-state index contributed by atoms with van der Waals surface area (Å²) < 4.78 is 0. The third-order valence-corrected chi connectivity index (χ3v) is 6.78. The fourth-order valence-electron chi connectivity index (χ4n) is 4.84. The van der Waals surface area contributed by atoms with Crippen molar-refractivity contribution in [3.8, 4) is 0 Å². The zero-order chi connectivity index (χ0) is 21.8. The van der Waals surface area contributed by atoms with E-state index in [9.17, 15) is 4.79 Å². The topological polar surface area (TPSA) is 118 Å². The van der Waals surface area contributed by atoms with Crippen molar-refractivity contribution in [2.45, 2.75) is 44.7 Å². The molecule has 2 unspecified atom stereocenters. The maximum absolute atomic E-state index is 11.6. The van der Waals surface area contributed by atoms with Gasteiger partial charge in [-0.05, 0) is 50.6 Å². The molecular formula is C21H31ClN8O. The number of allylic oxidation sites excluding steroid dienone is 1. The second-order valence-corrected chi connectivity index (χ2v) is 9.11. The number of piperidine rings is 1. The molecule has 1 amide bonds. The molecule has 168 valence electrons. The number of carbonyl (C=O) groups is 1. The summed E-state index contributed by atoms with van der Waals surface area (Å²) in [5, 5.41) is 21.4. The average Bonchev–Trinajstić information content (AvgIpc) is 3.33. The van der Waals surface area contributed by atoms with Gasteiger partial charge in [-0.1, -0.05) is 11.6 Å². The number of aromatic nitrogens is 2. The molecule has 3 heterocycles. The standard InChI is InChI=1S/C21H31ClN8O/c1-13(31)30-11-14-6-17(7-15(14)12-30)27-20-19(22)10-26-21(29-20)28-18(8-23)9-25-16-2-4-24-5-3-16/h8-10,14-17,23-25H,2-7,11-12H2,1H3,(H2,26,27,28,29)/b18-9+,23-8?. The predicted octanol–water partition coefficient (Wildman–Crippen LogP) is 2.04. The monoisotopic (exact) mass is 446 g/mol. The highest BCUT2D eigenvalue weighted by Gasteiger charge is 2.41. The first kappa shape index (κ1) is 21.8. The van der Waals surface area contributed by atoms with Crippen molar-refractivity contribution in [1.82, 2.24) is 25.5 Å². The van der Waals surface area contributed by atoms with Crippen LogP contribution in [0.5, 0.6) is 0 Å². The van der Waals surface area contributed by atoms with Crippen molar-refractivity contribution in [3.63, 3.8) is 0 Å². The third kappa shape index (κ3) is 5.46. The Balaban J connectivity index is 1.35. The highest BCUT2D eigenvalue weighted by molar-refractivity contribution is 6.32. The van der Waals surface area contributed by atoms with Crippen molar-refractivity contribution in [1.29, 1.82) is 5.41 Å². The molecular weight excluding hydrogens is 416 g/mol. The van der Waals surface area contributed by atoms with E-state index in [0.717, 1.165) is 51.9 Å². The van der Waals surface area contributed by atoms with E-state index in [4.69, 9.17) is 17.0 Å². The maximum Gasteiger partial charge on any atom is 0.229 e. The summed E-state index contributed by atoms with van der Waals surface area (Å²) in [6.07, 6.45) is 8.76. The Kier molecular flexibility index (Phi) is 6.92. The molecule has 1 saturated carbocycles. The van der Waals surface area contributed by atoms with Gasteiger partial charge in [-0.2, -0.15) is 4.98 Å². The van der Waals surface area contributed by atoms with Gasteiger partial charge >= 0.3 is 0 Å². The lowest BCUT2D eigenvalue weighted by atomic mass is 10.0. The van der Waals surface area contributed by atoms with Gasteiger partial charge in [0.2, 0.25) is 11.9 Å². The van der Waals surface area contributed by atoms with Crippen LogP contribution in [0.15, 0.2) is 18.1 Å². The van der Waals surface area contributed by atoms with E-state index < -0.39 is 0 Å². The van der Waals surface area contributed by atoms with Gasteiger partial charge in [0.15, 0.2) is 5.82 Å². The Labute approximate surface area is 187 Å². The Morgan fingerprint density at radius 2 is 1.97 bits per heavy atom. The van der Waals surface area contributed by atoms with Gasteiger partial charge in [-0.25, -0.2) is 4.98 Å². The molecule has 2 aliphatic heterocycles. The Morgan fingerprint density at radius 3 is 2.61 bits per heavy atom. The first-order chi connectivity index (χ1) is 15.0. The molecule has 5 N–H and O–H groups in total. The number of hydrogen-bond donors (Lipinski definition) is 5. The Bertz CT molecular complexity index is 827. The predicted molar refractivity (Wildman–Crippen MR) is 122 cm³/mol. The lowest BCUT2D eigenvalue weighted by molar-refractivity contribution is -0.128. The molecule has 0 spiro atoms. The van der Waals surface area contributed by atoms with E-state index in [1.165, 1.54) is 6.21 Å². The first-order valence-corrected chi connectivity index (χ1v) is 11.4. The lowest BCUT2D eigenvalue weighted by Gasteiger charge is -2.23. The van der Waals surface area contributed by atoms with Crippen LogP contribution < -0.4 is 21.3 Å². The van der Waals surface area contributed by atoms with Crippen LogP contribution >= 0.6 is 11.6 Å². The summed E-state index contributed by atoms with van der Waals surface area (Å²) in [6.45, 7) is 5.35. The summed E-state index contributed by atoms with van der Waals surface area (Å²) in [5.41, 5.74) is 0.589. The van der Waals surface area contributed by atoms with Gasteiger partial charge in [-0.15, -0.1) is 0 Å². The minimum absolute atomic E-state index is 0.165. The quantitative estimate of drug-likeness (QED) is 0.407. The zero-order valence-electron chi connectivity index (χ0n) is 17.8. The minimum Gasteiger partial charge on any atom is -0.386 e. The number of hydrogen-bond acceptors (Lipinski definition) is 8. The molecule has 3 aliphatic rings. The molecule has 1 aromatic heterocycles. The number of carbonyl (C=O) groups excluding carboxylic acids is 1. The van der Waals surface area contributed by atoms with E-state index in [1.54, 1.807) is 13.1 Å². The molecule has 2 atom stereocenters. The zero-order valence-corrected chi connectivity index (χ0v) is 18.6. The number of anilines is 2. The van der Waals surface area contributed by atoms with Gasteiger partial charge < -0.3 is 31.6 Å². The Hall–Kier alpha value is -2.39. The van der Waals surface area contributed by atoms with E-state index in [2.05, 4.69) is 31.2 Å². The summed E-state index contributed by atoms with van der Waals surface area (Å²) in [7, 11) is 0. The number of likely N-dealkylation sites (tertiary alicyclic amines) is 1.